The molecule has 0 radical (unpaired) electrons. The molecule has 0 aromatic heterocycles. The van der Waals surface area contributed by atoms with E-state index in [0.29, 0.717) is 0 Å². The van der Waals surface area contributed by atoms with E-state index in [1.54, 1.807) is 0 Å². The Kier molecular flexibility index (Phi) is 4.19. The first-order chi connectivity index (χ1) is 5.88. The Morgan fingerprint density at radius 1 is 1.25 bits per heavy atom. The lowest BCUT2D eigenvalue weighted by atomic mass is 10.1. The van der Waals surface area contributed by atoms with E-state index < -0.39 is 0 Å². The zero-order chi connectivity index (χ0) is 8.81. The summed E-state index contributed by atoms with van der Waals surface area (Å²) in [5, 5.41) is 3.16. The van der Waals surface area contributed by atoms with Crippen LogP contribution in [0.3, 0.4) is 0 Å². The van der Waals surface area contributed by atoms with Gasteiger partial charge in [-0.1, -0.05) is 24.3 Å². The fourth-order valence-electron chi connectivity index (χ4n) is 1.28. The molecule has 0 aliphatic heterocycles. The Labute approximate surface area is 79.6 Å². The SMILES string of the molecule is CNCc1ccccc1CCS. The van der Waals surface area contributed by atoms with Gasteiger partial charge in [-0.2, -0.15) is 12.6 Å². The predicted octanol–water partition coefficient (Wildman–Crippen LogP) is 1.88. The second kappa shape index (κ2) is 5.22. The van der Waals surface area contributed by atoms with Crippen molar-refractivity contribution in [3.8, 4) is 0 Å². The lowest BCUT2D eigenvalue weighted by molar-refractivity contribution is 0.806. The van der Waals surface area contributed by atoms with Gasteiger partial charge in [-0.3, -0.25) is 0 Å². The van der Waals surface area contributed by atoms with Gasteiger partial charge in [0.2, 0.25) is 0 Å². The predicted molar refractivity (Wildman–Crippen MR) is 56.8 cm³/mol. The highest BCUT2D eigenvalue weighted by Gasteiger charge is 1.98. The van der Waals surface area contributed by atoms with E-state index in [-0.39, 0.29) is 0 Å². The monoisotopic (exact) mass is 181 g/mol. The number of thiol groups is 1. The zero-order valence-electron chi connectivity index (χ0n) is 7.38. The smallest absolute Gasteiger partial charge is 0.0205 e. The average molecular weight is 181 g/mol. The Balaban J connectivity index is 2.77. The van der Waals surface area contributed by atoms with Crippen LogP contribution in [0.1, 0.15) is 11.1 Å². The van der Waals surface area contributed by atoms with Crippen LogP contribution in [0.2, 0.25) is 0 Å². The fraction of sp³-hybridized carbons (Fsp3) is 0.400. The number of nitrogens with one attached hydrogen (secondary N) is 1. The Morgan fingerprint density at radius 3 is 2.50 bits per heavy atom. The molecule has 0 fully saturated rings. The first-order valence-electron chi connectivity index (χ1n) is 4.20. The maximum atomic E-state index is 4.23. The number of benzene rings is 1. The van der Waals surface area contributed by atoms with Gasteiger partial charge in [-0.15, -0.1) is 0 Å². The van der Waals surface area contributed by atoms with Crippen LogP contribution in [0.25, 0.3) is 0 Å². The summed E-state index contributed by atoms with van der Waals surface area (Å²) in [6, 6.07) is 8.49. The molecule has 0 unspecified atom stereocenters. The van der Waals surface area contributed by atoms with E-state index in [0.717, 1.165) is 18.7 Å². The molecule has 1 nitrogen and oxygen atoms in total. The Morgan fingerprint density at radius 2 is 1.92 bits per heavy atom. The van der Waals surface area contributed by atoms with Crippen molar-refractivity contribution in [2.75, 3.05) is 12.8 Å². The molecule has 12 heavy (non-hydrogen) atoms. The van der Waals surface area contributed by atoms with Crippen molar-refractivity contribution in [2.24, 2.45) is 0 Å². The number of hydrogen-bond donors (Lipinski definition) is 2. The van der Waals surface area contributed by atoms with Crippen molar-refractivity contribution in [1.29, 1.82) is 0 Å². The highest BCUT2D eigenvalue weighted by Crippen LogP contribution is 2.09. The van der Waals surface area contributed by atoms with Crippen LogP contribution in [0.5, 0.6) is 0 Å². The minimum atomic E-state index is 0.917. The summed E-state index contributed by atoms with van der Waals surface area (Å²) in [7, 11) is 1.97. The summed E-state index contributed by atoms with van der Waals surface area (Å²) >= 11 is 4.23. The maximum absolute atomic E-state index is 4.23. The quantitative estimate of drug-likeness (QED) is 0.676. The van der Waals surface area contributed by atoms with Crippen LogP contribution < -0.4 is 5.32 Å². The molecule has 66 valence electrons. The van der Waals surface area contributed by atoms with E-state index in [1.807, 2.05) is 7.05 Å². The molecule has 1 aromatic rings. The van der Waals surface area contributed by atoms with Crippen LogP contribution in [0.15, 0.2) is 24.3 Å². The zero-order valence-corrected chi connectivity index (χ0v) is 8.27. The molecule has 0 spiro atoms. The van der Waals surface area contributed by atoms with E-state index >= 15 is 0 Å². The Bertz CT molecular complexity index is 210. The van der Waals surface area contributed by atoms with E-state index in [1.165, 1.54) is 11.1 Å². The molecule has 2 heteroatoms. The third-order valence-corrected chi connectivity index (χ3v) is 2.09. The van der Waals surface area contributed by atoms with Gasteiger partial charge in [-0.05, 0) is 30.3 Å². The van der Waals surface area contributed by atoms with Crippen molar-refractivity contribution in [2.45, 2.75) is 13.0 Å². The molecule has 0 aliphatic rings. The fourth-order valence-corrected chi connectivity index (χ4v) is 1.53. The second-order valence-electron chi connectivity index (χ2n) is 2.77. The van der Waals surface area contributed by atoms with Crippen LogP contribution in [-0.4, -0.2) is 12.8 Å². The first kappa shape index (κ1) is 9.62. The van der Waals surface area contributed by atoms with Crippen LogP contribution in [0.4, 0.5) is 0 Å². The lowest BCUT2D eigenvalue weighted by Crippen LogP contribution is -2.07. The molecular formula is C10H15NS. The molecule has 0 atom stereocenters. The molecular weight excluding hydrogens is 166 g/mol. The van der Waals surface area contributed by atoms with Gasteiger partial charge >= 0.3 is 0 Å². The van der Waals surface area contributed by atoms with E-state index in [4.69, 9.17) is 0 Å². The molecule has 0 saturated heterocycles. The van der Waals surface area contributed by atoms with Crippen LogP contribution >= 0.6 is 12.6 Å². The largest absolute Gasteiger partial charge is 0.316 e. The number of aryl methyl sites for hydroxylation is 1. The third kappa shape index (κ3) is 2.54. The second-order valence-corrected chi connectivity index (χ2v) is 3.22. The highest BCUT2D eigenvalue weighted by molar-refractivity contribution is 7.80. The third-order valence-electron chi connectivity index (χ3n) is 1.87. The van der Waals surface area contributed by atoms with Gasteiger partial charge in [0.05, 0.1) is 0 Å². The van der Waals surface area contributed by atoms with Gasteiger partial charge in [0, 0.05) is 6.54 Å². The number of rotatable bonds is 4. The standard InChI is InChI=1S/C10H15NS/c1-11-8-10-5-3-2-4-9(10)6-7-12/h2-5,11-12H,6-8H2,1H3. The number of hydrogen-bond acceptors (Lipinski definition) is 2. The van der Waals surface area contributed by atoms with Crippen molar-refractivity contribution in [3.63, 3.8) is 0 Å². The molecule has 0 bridgehead atoms. The van der Waals surface area contributed by atoms with Crippen molar-refractivity contribution < 1.29 is 0 Å². The van der Waals surface area contributed by atoms with E-state index in [9.17, 15) is 0 Å². The summed E-state index contributed by atoms with van der Waals surface area (Å²) in [5.74, 6) is 0.917. The average Bonchev–Trinajstić information content (AvgIpc) is 2.09. The summed E-state index contributed by atoms with van der Waals surface area (Å²) in [6.07, 6.45) is 1.06. The summed E-state index contributed by atoms with van der Waals surface area (Å²) < 4.78 is 0. The van der Waals surface area contributed by atoms with Crippen LogP contribution in [0, 0.1) is 0 Å². The molecule has 0 heterocycles. The summed E-state index contributed by atoms with van der Waals surface area (Å²) in [6.45, 7) is 0.948. The van der Waals surface area contributed by atoms with Gasteiger partial charge in [0.1, 0.15) is 0 Å². The highest BCUT2D eigenvalue weighted by atomic mass is 32.1. The topological polar surface area (TPSA) is 12.0 Å². The van der Waals surface area contributed by atoms with Gasteiger partial charge in [0.15, 0.2) is 0 Å². The van der Waals surface area contributed by atoms with Crippen molar-refractivity contribution >= 4 is 12.6 Å². The molecule has 1 aromatic carbocycles. The molecule has 0 amide bonds. The van der Waals surface area contributed by atoms with E-state index in [2.05, 4.69) is 42.2 Å². The lowest BCUT2D eigenvalue weighted by Gasteiger charge is -2.06. The normalized spacial score (nSPS) is 10.2. The Hall–Kier alpha value is -0.470. The molecule has 1 N–H and O–H groups in total. The van der Waals surface area contributed by atoms with Crippen molar-refractivity contribution in [3.05, 3.63) is 35.4 Å². The summed E-state index contributed by atoms with van der Waals surface area (Å²) in [5.41, 5.74) is 2.79. The van der Waals surface area contributed by atoms with Crippen molar-refractivity contribution in [1.82, 2.24) is 5.32 Å². The minimum absolute atomic E-state index is 0.917. The minimum Gasteiger partial charge on any atom is -0.316 e. The first-order valence-corrected chi connectivity index (χ1v) is 4.84. The maximum Gasteiger partial charge on any atom is 0.0205 e. The molecule has 1 rings (SSSR count). The van der Waals surface area contributed by atoms with Gasteiger partial charge in [0.25, 0.3) is 0 Å². The van der Waals surface area contributed by atoms with Gasteiger partial charge in [-0.25, -0.2) is 0 Å². The van der Waals surface area contributed by atoms with Crippen LogP contribution in [-0.2, 0) is 13.0 Å². The summed E-state index contributed by atoms with van der Waals surface area (Å²) in [4.78, 5) is 0. The molecule has 0 aliphatic carbocycles. The molecule has 0 saturated carbocycles. The van der Waals surface area contributed by atoms with Gasteiger partial charge < -0.3 is 5.32 Å².